The first-order valence-corrected chi connectivity index (χ1v) is 10.3. The lowest BCUT2D eigenvalue weighted by molar-refractivity contribution is 0.00917. The fraction of sp³-hybridized carbons (Fsp3) is 0.261. The second-order valence-electron chi connectivity index (χ2n) is 7.56. The van der Waals surface area contributed by atoms with E-state index >= 15 is 0 Å². The number of ether oxygens (including phenoxy) is 3. The summed E-state index contributed by atoms with van der Waals surface area (Å²) in [6.07, 6.45) is -0.170. The molecule has 4 atom stereocenters. The number of carbonyl (C=O) groups excluding carboxylic acids is 1. The standard InChI is InChI=1S/C23H21FN4O4/c24-15-6-4-5-14(11-15)17-9-10-25-22(27-17)28-18-12-30-21-19(13-31-20(18)21)32-23(29)26-16-7-2-1-3-8-16/h1-11,18-21H,12-13H2,(H,26,29)(H,25,27,28). The number of anilines is 2. The number of carbonyl (C=O) groups is 1. The summed E-state index contributed by atoms with van der Waals surface area (Å²) in [4.78, 5) is 21.0. The molecule has 5 rings (SSSR count). The average molecular weight is 436 g/mol. The molecule has 0 spiro atoms. The monoisotopic (exact) mass is 436 g/mol. The summed E-state index contributed by atoms with van der Waals surface area (Å²) >= 11 is 0. The number of hydrogen-bond donors (Lipinski definition) is 2. The lowest BCUT2D eigenvalue weighted by Gasteiger charge is -2.18. The average Bonchev–Trinajstić information content (AvgIpc) is 3.38. The minimum Gasteiger partial charge on any atom is -0.441 e. The minimum atomic E-state index is -0.559. The molecule has 3 heterocycles. The molecule has 0 radical (unpaired) electrons. The van der Waals surface area contributed by atoms with E-state index in [1.54, 1.807) is 36.5 Å². The predicted octanol–water partition coefficient (Wildman–Crippen LogP) is 3.48. The quantitative estimate of drug-likeness (QED) is 0.632. The Bertz CT molecular complexity index is 1100. The van der Waals surface area contributed by atoms with Crippen LogP contribution in [-0.4, -0.2) is 53.6 Å². The first-order valence-electron chi connectivity index (χ1n) is 10.3. The Morgan fingerprint density at radius 1 is 1.03 bits per heavy atom. The van der Waals surface area contributed by atoms with Crippen molar-refractivity contribution in [1.29, 1.82) is 0 Å². The zero-order chi connectivity index (χ0) is 21.9. The SMILES string of the molecule is O=C(Nc1ccccc1)OC1COC2C(Nc3nccc(-c4cccc(F)c4)n3)COC12. The van der Waals surface area contributed by atoms with Gasteiger partial charge in [-0.2, -0.15) is 0 Å². The van der Waals surface area contributed by atoms with Crippen molar-refractivity contribution in [3.8, 4) is 11.3 Å². The summed E-state index contributed by atoms with van der Waals surface area (Å²) in [7, 11) is 0. The third kappa shape index (κ3) is 4.39. The van der Waals surface area contributed by atoms with Crippen LogP contribution in [0.15, 0.2) is 66.9 Å². The van der Waals surface area contributed by atoms with Gasteiger partial charge in [-0.3, -0.25) is 5.32 Å². The van der Waals surface area contributed by atoms with Gasteiger partial charge in [0.05, 0.1) is 24.9 Å². The number of nitrogens with one attached hydrogen (secondary N) is 2. The fourth-order valence-electron chi connectivity index (χ4n) is 3.90. The van der Waals surface area contributed by atoms with Crippen molar-refractivity contribution in [2.24, 2.45) is 0 Å². The van der Waals surface area contributed by atoms with Crippen LogP contribution in [0.1, 0.15) is 0 Å². The molecule has 2 fully saturated rings. The van der Waals surface area contributed by atoms with Crippen molar-refractivity contribution in [3.63, 3.8) is 0 Å². The molecule has 2 N–H and O–H groups in total. The van der Waals surface area contributed by atoms with Crippen LogP contribution < -0.4 is 10.6 Å². The Balaban J connectivity index is 1.21. The number of para-hydroxylation sites is 1. The van der Waals surface area contributed by atoms with Crippen molar-refractivity contribution >= 4 is 17.7 Å². The first-order chi connectivity index (χ1) is 15.7. The molecule has 164 valence electrons. The molecule has 2 aliphatic rings. The molecule has 2 aromatic carbocycles. The van der Waals surface area contributed by atoms with Gasteiger partial charge in [0.15, 0.2) is 6.10 Å². The Morgan fingerprint density at radius 2 is 1.88 bits per heavy atom. The van der Waals surface area contributed by atoms with E-state index in [1.165, 1.54) is 12.1 Å². The van der Waals surface area contributed by atoms with E-state index in [4.69, 9.17) is 14.2 Å². The molecule has 2 saturated heterocycles. The molecule has 0 saturated carbocycles. The van der Waals surface area contributed by atoms with Gasteiger partial charge in [-0.15, -0.1) is 0 Å². The van der Waals surface area contributed by atoms with Crippen LogP contribution >= 0.6 is 0 Å². The Hall–Kier alpha value is -3.56. The number of benzene rings is 2. The van der Waals surface area contributed by atoms with Gasteiger partial charge >= 0.3 is 6.09 Å². The summed E-state index contributed by atoms with van der Waals surface area (Å²) in [5.41, 5.74) is 1.91. The Kier molecular flexibility index (Phi) is 5.66. The number of rotatable bonds is 5. The van der Waals surface area contributed by atoms with Crippen molar-refractivity contribution in [3.05, 3.63) is 72.7 Å². The maximum absolute atomic E-state index is 13.5. The van der Waals surface area contributed by atoms with Crippen molar-refractivity contribution in [1.82, 2.24) is 9.97 Å². The van der Waals surface area contributed by atoms with E-state index in [0.717, 1.165) is 0 Å². The highest BCUT2D eigenvalue weighted by atomic mass is 19.1. The number of halogens is 1. The maximum Gasteiger partial charge on any atom is 0.412 e. The summed E-state index contributed by atoms with van der Waals surface area (Å²) < 4.78 is 30.8. The highest BCUT2D eigenvalue weighted by molar-refractivity contribution is 5.84. The molecule has 32 heavy (non-hydrogen) atoms. The van der Waals surface area contributed by atoms with E-state index in [1.807, 2.05) is 18.2 Å². The van der Waals surface area contributed by atoms with Gasteiger partial charge in [0.2, 0.25) is 5.95 Å². The third-order valence-electron chi connectivity index (χ3n) is 5.38. The molecule has 2 aliphatic heterocycles. The summed E-state index contributed by atoms with van der Waals surface area (Å²) in [5.74, 6) is 0.0557. The molecule has 3 aromatic rings. The van der Waals surface area contributed by atoms with Gasteiger partial charge < -0.3 is 19.5 Å². The number of fused-ring (bicyclic) bond motifs is 1. The third-order valence-corrected chi connectivity index (χ3v) is 5.38. The number of aromatic nitrogens is 2. The molecular weight excluding hydrogens is 415 g/mol. The van der Waals surface area contributed by atoms with Crippen molar-refractivity contribution in [2.75, 3.05) is 23.8 Å². The molecule has 4 unspecified atom stereocenters. The van der Waals surface area contributed by atoms with Crippen molar-refractivity contribution < 1.29 is 23.4 Å². The smallest absolute Gasteiger partial charge is 0.412 e. The van der Waals surface area contributed by atoms with Crippen LogP contribution in [0.4, 0.5) is 20.8 Å². The summed E-state index contributed by atoms with van der Waals surface area (Å²) in [6.45, 7) is 0.586. The van der Waals surface area contributed by atoms with Crippen LogP contribution in [0.25, 0.3) is 11.3 Å². The highest BCUT2D eigenvalue weighted by Crippen LogP contribution is 2.30. The normalized spacial score (nSPS) is 24.0. The molecule has 0 bridgehead atoms. The molecular formula is C23H21FN4O4. The van der Waals surface area contributed by atoms with Crippen molar-refractivity contribution in [2.45, 2.75) is 24.4 Å². The van der Waals surface area contributed by atoms with Gasteiger partial charge in [-0.1, -0.05) is 30.3 Å². The van der Waals surface area contributed by atoms with Crippen LogP contribution in [0, 0.1) is 5.82 Å². The van der Waals surface area contributed by atoms with Gasteiger partial charge in [-0.05, 0) is 30.3 Å². The Labute approximate surface area is 183 Å². The molecule has 9 heteroatoms. The number of nitrogens with zero attached hydrogens (tertiary/aromatic N) is 2. The molecule has 8 nitrogen and oxygen atoms in total. The maximum atomic E-state index is 13.5. The Morgan fingerprint density at radius 3 is 2.72 bits per heavy atom. The van der Waals surface area contributed by atoms with Crippen LogP contribution in [0.5, 0.6) is 0 Å². The van der Waals surface area contributed by atoms with Gasteiger partial charge in [0.1, 0.15) is 18.0 Å². The van der Waals surface area contributed by atoms with E-state index < -0.39 is 12.2 Å². The number of hydrogen-bond acceptors (Lipinski definition) is 7. The minimum absolute atomic E-state index is 0.214. The topological polar surface area (TPSA) is 94.6 Å². The lowest BCUT2D eigenvalue weighted by Crippen LogP contribution is -2.38. The van der Waals surface area contributed by atoms with Gasteiger partial charge in [-0.25, -0.2) is 19.2 Å². The fourth-order valence-corrected chi connectivity index (χ4v) is 3.90. The second-order valence-corrected chi connectivity index (χ2v) is 7.56. The zero-order valence-electron chi connectivity index (χ0n) is 17.0. The summed E-state index contributed by atoms with van der Waals surface area (Å²) in [5, 5.41) is 5.92. The van der Waals surface area contributed by atoms with Crippen LogP contribution in [0.3, 0.4) is 0 Å². The lowest BCUT2D eigenvalue weighted by atomic mass is 10.1. The van der Waals surface area contributed by atoms with E-state index in [0.29, 0.717) is 29.5 Å². The van der Waals surface area contributed by atoms with E-state index in [9.17, 15) is 9.18 Å². The molecule has 1 aromatic heterocycles. The first kappa shape index (κ1) is 20.3. The highest BCUT2D eigenvalue weighted by Gasteiger charge is 2.49. The predicted molar refractivity (Wildman–Crippen MR) is 115 cm³/mol. The summed E-state index contributed by atoms with van der Waals surface area (Å²) in [6, 6.07) is 16.8. The second kappa shape index (κ2) is 8.89. The van der Waals surface area contributed by atoms with Crippen LogP contribution in [-0.2, 0) is 14.2 Å². The van der Waals surface area contributed by atoms with E-state index in [2.05, 4.69) is 20.6 Å². The number of amides is 1. The van der Waals surface area contributed by atoms with Crippen LogP contribution in [0.2, 0.25) is 0 Å². The molecule has 1 amide bonds. The van der Waals surface area contributed by atoms with Gasteiger partial charge in [0.25, 0.3) is 0 Å². The zero-order valence-corrected chi connectivity index (χ0v) is 17.0. The van der Waals surface area contributed by atoms with Gasteiger partial charge in [0, 0.05) is 17.4 Å². The van der Waals surface area contributed by atoms with E-state index in [-0.39, 0.29) is 30.7 Å². The largest absolute Gasteiger partial charge is 0.441 e. The molecule has 0 aliphatic carbocycles.